The van der Waals surface area contributed by atoms with E-state index in [0.29, 0.717) is 17.2 Å². The maximum absolute atomic E-state index is 13.6. The highest BCUT2D eigenvalue weighted by atomic mass is 32.1. The van der Waals surface area contributed by atoms with Crippen molar-refractivity contribution in [3.63, 3.8) is 0 Å². The number of nitrogens with one attached hydrogen (secondary N) is 1. The Bertz CT molecular complexity index is 993. The van der Waals surface area contributed by atoms with Gasteiger partial charge in [-0.3, -0.25) is 14.5 Å². The first-order valence-corrected chi connectivity index (χ1v) is 11.9. The molecule has 2 heterocycles. The fourth-order valence-corrected chi connectivity index (χ4v) is 4.87. The zero-order valence-corrected chi connectivity index (χ0v) is 19.0. The van der Waals surface area contributed by atoms with Crippen LogP contribution in [-0.4, -0.2) is 25.0 Å². The van der Waals surface area contributed by atoms with E-state index in [1.54, 1.807) is 48.4 Å². The number of furan rings is 1. The van der Waals surface area contributed by atoms with Crippen molar-refractivity contribution in [1.29, 1.82) is 0 Å². The standard InChI is InChI=1S/C25H28N2O4S/c1-30-20-13-11-19(12-14-20)27(23(28)17-21-9-6-16-32-21)24(22-10-5-15-31-22)25(29)26-18-7-3-2-4-8-18/h5-6,9-16,18,24H,2-4,7-8,17H2,1H3,(H,26,29)/t24-/m1/s1. The van der Waals surface area contributed by atoms with E-state index >= 15 is 0 Å². The smallest absolute Gasteiger partial charge is 0.251 e. The molecular formula is C25H28N2O4S. The summed E-state index contributed by atoms with van der Waals surface area (Å²) in [4.78, 5) is 29.6. The summed E-state index contributed by atoms with van der Waals surface area (Å²) < 4.78 is 10.9. The van der Waals surface area contributed by atoms with Crippen LogP contribution >= 0.6 is 11.3 Å². The molecule has 4 rings (SSSR count). The monoisotopic (exact) mass is 452 g/mol. The second kappa shape index (κ2) is 10.5. The predicted octanol–water partition coefficient (Wildman–Crippen LogP) is 5.12. The number of hydrogen-bond acceptors (Lipinski definition) is 5. The van der Waals surface area contributed by atoms with Crippen molar-refractivity contribution in [2.24, 2.45) is 0 Å². The third kappa shape index (κ3) is 5.22. The van der Waals surface area contributed by atoms with Crippen molar-refractivity contribution in [3.05, 3.63) is 70.8 Å². The Kier molecular flexibility index (Phi) is 7.27. The van der Waals surface area contributed by atoms with Gasteiger partial charge in [0.25, 0.3) is 5.91 Å². The number of carbonyl (C=O) groups is 2. The summed E-state index contributed by atoms with van der Waals surface area (Å²) in [6.45, 7) is 0. The molecule has 1 N–H and O–H groups in total. The average Bonchev–Trinajstić information content (AvgIpc) is 3.52. The van der Waals surface area contributed by atoms with Gasteiger partial charge in [0.15, 0.2) is 6.04 Å². The lowest BCUT2D eigenvalue weighted by Gasteiger charge is -2.32. The van der Waals surface area contributed by atoms with Crippen LogP contribution in [0.5, 0.6) is 5.75 Å². The van der Waals surface area contributed by atoms with Crippen LogP contribution in [0.1, 0.15) is 48.8 Å². The van der Waals surface area contributed by atoms with Gasteiger partial charge in [-0.1, -0.05) is 25.3 Å². The Hall–Kier alpha value is -3.06. The quantitative estimate of drug-likeness (QED) is 0.515. The minimum atomic E-state index is -0.896. The number of anilines is 1. The van der Waals surface area contributed by atoms with Gasteiger partial charge >= 0.3 is 0 Å². The van der Waals surface area contributed by atoms with Crippen LogP contribution in [0.15, 0.2) is 64.6 Å². The topological polar surface area (TPSA) is 71.8 Å². The van der Waals surface area contributed by atoms with E-state index in [4.69, 9.17) is 9.15 Å². The average molecular weight is 453 g/mol. The molecule has 168 valence electrons. The van der Waals surface area contributed by atoms with Crippen LogP contribution in [-0.2, 0) is 16.0 Å². The minimum absolute atomic E-state index is 0.124. The van der Waals surface area contributed by atoms with E-state index in [-0.39, 0.29) is 24.3 Å². The minimum Gasteiger partial charge on any atom is -0.497 e. The molecule has 7 heteroatoms. The van der Waals surface area contributed by atoms with Crippen LogP contribution < -0.4 is 15.0 Å². The molecular weight excluding hydrogens is 424 g/mol. The second-order valence-corrected chi connectivity index (χ2v) is 9.01. The molecule has 0 unspecified atom stereocenters. The lowest BCUT2D eigenvalue weighted by Crippen LogP contribution is -2.47. The van der Waals surface area contributed by atoms with Gasteiger partial charge in [0.2, 0.25) is 5.91 Å². The van der Waals surface area contributed by atoms with E-state index in [2.05, 4.69) is 5.32 Å². The molecule has 1 aromatic carbocycles. The Labute approximate surface area is 192 Å². The van der Waals surface area contributed by atoms with Gasteiger partial charge in [-0.2, -0.15) is 0 Å². The SMILES string of the molecule is COc1ccc(N(C(=O)Cc2cccs2)[C@@H](C(=O)NC2CCCCC2)c2ccco2)cc1. The van der Waals surface area contributed by atoms with Crippen molar-refractivity contribution in [1.82, 2.24) is 5.32 Å². The first-order chi connectivity index (χ1) is 15.7. The number of amides is 2. The number of thiophene rings is 1. The Morgan fingerprint density at radius 3 is 2.53 bits per heavy atom. The number of methoxy groups -OCH3 is 1. The Balaban J connectivity index is 1.69. The summed E-state index contributed by atoms with van der Waals surface area (Å²) in [7, 11) is 1.60. The highest BCUT2D eigenvalue weighted by molar-refractivity contribution is 7.10. The van der Waals surface area contributed by atoms with Crippen LogP contribution in [0.4, 0.5) is 5.69 Å². The number of nitrogens with zero attached hydrogens (tertiary/aromatic N) is 1. The first-order valence-electron chi connectivity index (χ1n) is 11.0. The van der Waals surface area contributed by atoms with Crippen molar-refractivity contribution in [3.8, 4) is 5.75 Å². The summed E-state index contributed by atoms with van der Waals surface area (Å²) in [5.74, 6) is 0.731. The molecule has 1 fully saturated rings. The molecule has 2 aromatic heterocycles. The predicted molar refractivity (Wildman–Crippen MR) is 125 cm³/mol. The molecule has 1 atom stereocenters. The molecule has 0 bridgehead atoms. The van der Waals surface area contributed by atoms with Gasteiger partial charge in [0, 0.05) is 16.6 Å². The molecule has 2 amide bonds. The molecule has 32 heavy (non-hydrogen) atoms. The number of hydrogen-bond donors (Lipinski definition) is 1. The van der Waals surface area contributed by atoms with Gasteiger partial charge < -0.3 is 14.5 Å². The molecule has 3 aromatic rings. The van der Waals surface area contributed by atoms with Gasteiger partial charge in [-0.05, 0) is 60.7 Å². The van der Waals surface area contributed by atoms with Crippen molar-refractivity contribution >= 4 is 28.8 Å². The molecule has 0 radical (unpaired) electrons. The number of rotatable bonds is 8. The normalized spacial score (nSPS) is 15.2. The van der Waals surface area contributed by atoms with Crippen molar-refractivity contribution in [2.75, 3.05) is 12.0 Å². The summed E-state index contributed by atoms with van der Waals surface area (Å²) in [5.41, 5.74) is 0.618. The summed E-state index contributed by atoms with van der Waals surface area (Å²) >= 11 is 1.52. The third-order valence-electron chi connectivity index (χ3n) is 5.80. The third-order valence-corrected chi connectivity index (χ3v) is 6.67. The molecule has 0 saturated heterocycles. The Morgan fingerprint density at radius 1 is 1.12 bits per heavy atom. The molecule has 1 saturated carbocycles. The fraction of sp³-hybridized carbons (Fsp3) is 0.360. The summed E-state index contributed by atoms with van der Waals surface area (Å²) in [5, 5.41) is 5.12. The van der Waals surface area contributed by atoms with E-state index in [1.165, 1.54) is 24.0 Å². The summed E-state index contributed by atoms with van der Waals surface area (Å²) in [6.07, 6.45) is 7.07. The first kappa shape index (κ1) is 22.1. The van der Waals surface area contributed by atoms with Crippen LogP contribution in [0.3, 0.4) is 0 Å². The molecule has 6 nitrogen and oxygen atoms in total. The largest absolute Gasteiger partial charge is 0.497 e. The van der Waals surface area contributed by atoms with Crippen LogP contribution in [0.2, 0.25) is 0 Å². The molecule has 0 aliphatic heterocycles. The van der Waals surface area contributed by atoms with Crippen LogP contribution in [0.25, 0.3) is 0 Å². The van der Waals surface area contributed by atoms with Gasteiger partial charge in [0.1, 0.15) is 11.5 Å². The van der Waals surface area contributed by atoms with Crippen molar-refractivity contribution in [2.45, 2.75) is 50.6 Å². The molecule has 0 spiro atoms. The fourth-order valence-electron chi connectivity index (χ4n) is 4.17. The number of benzene rings is 1. The summed E-state index contributed by atoms with van der Waals surface area (Å²) in [6, 6.07) is 13.8. The highest BCUT2D eigenvalue weighted by Gasteiger charge is 2.36. The highest BCUT2D eigenvalue weighted by Crippen LogP contribution is 2.31. The zero-order chi connectivity index (χ0) is 22.3. The van der Waals surface area contributed by atoms with Gasteiger partial charge in [-0.15, -0.1) is 11.3 Å². The van der Waals surface area contributed by atoms with E-state index < -0.39 is 6.04 Å². The van der Waals surface area contributed by atoms with Crippen LogP contribution in [0, 0.1) is 0 Å². The maximum atomic E-state index is 13.6. The molecule has 1 aliphatic carbocycles. The molecule has 1 aliphatic rings. The van der Waals surface area contributed by atoms with Gasteiger partial charge in [0.05, 0.1) is 19.8 Å². The van der Waals surface area contributed by atoms with Crippen molar-refractivity contribution < 1.29 is 18.7 Å². The number of ether oxygens (including phenoxy) is 1. The van der Waals surface area contributed by atoms with E-state index in [0.717, 1.165) is 30.6 Å². The zero-order valence-electron chi connectivity index (χ0n) is 18.2. The maximum Gasteiger partial charge on any atom is 0.251 e. The van der Waals surface area contributed by atoms with E-state index in [1.807, 2.05) is 17.5 Å². The second-order valence-electron chi connectivity index (χ2n) is 7.98. The lowest BCUT2D eigenvalue weighted by molar-refractivity contribution is -0.127. The Morgan fingerprint density at radius 2 is 1.91 bits per heavy atom. The lowest BCUT2D eigenvalue weighted by atomic mass is 9.95. The van der Waals surface area contributed by atoms with E-state index in [9.17, 15) is 9.59 Å². The number of carbonyl (C=O) groups excluding carboxylic acids is 2. The van der Waals surface area contributed by atoms with Gasteiger partial charge in [-0.25, -0.2) is 0 Å².